The van der Waals surface area contributed by atoms with Gasteiger partial charge in [-0.15, -0.1) is 0 Å². The summed E-state index contributed by atoms with van der Waals surface area (Å²) in [6.45, 7) is 3.52. The van der Waals surface area contributed by atoms with Gasteiger partial charge < -0.3 is 14.8 Å². The van der Waals surface area contributed by atoms with E-state index in [0.29, 0.717) is 5.69 Å². The number of rotatable bonds is 4. The Hall–Kier alpha value is -1.89. The van der Waals surface area contributed by atoms with Crippen molar-refractivity contribution in [2.24, 2.45) is 23.7 Å². The summed E-state index contributed by atoms with van der Waals surface area (Å²) in [4.78, 5) is 36.6. The second-order valence-electron chi connectivity index (χ2n) is 7.42. The van der Waals surface area contributed by atoms with Crippen LogP contribution in [0, 0.1) is 37.5 Å². The van der Waals surface area contributed by atoms with Crippen LogP contribution in [0.4, 0.5) is 5.69 Å². The van der Waals surface area contributed by atoms with Crippen LogP contribution in [0.1, 0.15) is 24.0 Å². The molecule has 1 aromatic rings. The Morgan fingerprint density at radius 3 is 2.81 bits per heavy atom. The molecule has 6 nitrogen and oxygen atoms in total. The van der Waals surface area contributed by atoms with Crippen molar-refractivity contribution in [1.82, 2.24) is 0 Å². The van der Waals surface area contributed by atoms with Crippen LogP contribution in [-0.2, 0) is 23.9 Å². The third-order valence-electron chi connectivity index (χ3n) is 6.10. The zero-order valence-corrected chi connectivity index (χ0v) is 16.2. The normalized spacial score (nSPS) is 31.0. The summed E-state index contributed by atoms with van der Waals surface area (Å²) in [6.07, 6.45) is 1.55. The average molecular weight is 422 g/mol. The highest BCUT2D eigenvalue weighted by Crippen LogP contribution is 2.57. The molecule has 1 N–H and O–H groups in total. The van der Waals surface area contributed by atoms with E-state index in [9.17, 15) is 14.4 Å². The van der Waals surface area contributed by atoms with E-state index in [1.54, 1.807) is 6.07 Å². The van der Waals surface area contributed by atoms with Crippen molar-refractivity contribution < 1.29 is 23.9 Å². The molecule has 2 bridgehead atoms. The number of halogens is 1. The van der Waals surface area contributed by atoms with Gasteiger partial charge in [-0.25, -0.2) is 0 Å². The maximum absolute atomic E-state index is 12.5. The van der Waals surface area contributed by atoms with Gasteiger partial charge in [-0.2, -0.15) is 0 Å². The fourth-order valence-corrected chi connectivity index (χ4v) is 5.10. The van der Waals surface area contributed by atoms with Crippen molar-refractivity contribution in [2.75, 3.05) is 11.9 Å². The minimum atomic E-state index is -0.462. The average Bonchev–Trinajstić information content (AvgIpc) is 3.22. The van der Waals surface area contributed by atoms with Crippen LogP contribution in [-0.4, -0.2) is 30.6 Å². The Bertz CT molecular complexity index is 805. The Kier molecular flexibility index (Phi) is 4.29. The van der Waals surface area contributed by atoms with Crippen LogP contribution in [0.25, 0.3) is 0 Å². The molecule has 138 valence electrons. The Labute approximate surface area is 159 Å². The summed E-state index contributed by atoms with van der Waals surface area (Å²) < 4.78 is 11.5. The molecule has 26 heavy (non-hydrogen) atoms. The molecule has 2 aliphatic carbocycles. The topological polar surface area (TPSA) is 81.7 Å². The Morgan fingerprint density at radius 1 is 1.27 bits per heavy atom. The molecule has 1 saturated heterocycles. The molecular weight excluding hydrogens is 402 g/mol. The minimum absolute atomic E-state index is 0.0199. The lowest BCUT2D eigenvalue weighted by atomic mass is 9.80. The zero-order chi connectivity index (χ0) is 18.6. The summed E-state index contributed by atoms with van der Waals surface area (Å²) in [5.74, 6) is -1.70. The van der Waals surface area contributed by atoms with E-state index in [4.69, 9.17) is 9.47 Å². The molecule has 0 aromatic heterocycles. The fourth-order valence-electron chi connectivity index (χ4n) is 4.67. The van der Waals surface area contributed by atoms with E-state index in [-0.39, 0.29) is 36.4 Å². The predicted molar refractivity (Wildman–Crippen MR) is 96.3 cm³/mol. The van der Waals surface area contributed by atoms with Gasteiger partial charge >= 0.3 is 11.9 Å². The molecule has 1 aromatic carbocycles. The number of carbonyl (C=O) groups excluding carboxylic acids is 3. The van der Waals surface area contributed by atoms with E-state index in [2.05, 4.69) is 21.2 Å². The van der Waals surface area contributed by atoms with Gasteiger partial charge in [-0.05, 0) is 55.9 Å². The van der Waals surface area contributed by atoms with E-state index >= 15 is 0 Å². The number of nitrogens with one attached hydrogen (secondary N) is 1. The number of esters is 2. The fraction of sp³-hybridized carbons (Fsp3) is 0.526. The van der Waals surface area contributed by atoms with E-state index in [0.717, 1.165) is 28.4 Å². The molecule has 0 unspecified atom stereocenters. The highest BCUT2D eigenvalue weighted by atomic mass is 79.9. The molecule has 0 radical (unpaired) electrons. The first-order valence-corrected chi connectivity index (χ1v) is 9.58. The van der Waals surface area contributed by atoms with Gasteiger partial charge in [0.15, 0.2) is 6.61 Å². The highest BCUT2D eigenvalue weighted by Gasteiger charge is 2.64. The van der Waals surface area contributed by atoms with Gasteiger partial charge in [0, 0.05) is 16.1 Å². The van der Waals surface area contributed by atoms with Crippen LogP contribution < -0.4 is 5.32 Å². The lowest BCUT2D eigenvalue weighted by Gasteiger charge is -2.22. The standard InChI is InChI=1S/C19H20BrNO5/c1-8-9(2)13(4-3-12(8)20)21-15(22)7-25-18(23)16-10-5-11-14(6-10)26-19(24)17(11)16/h3-4,10-11,14,16-17H,5-7H2,1-2H3,(H,21,22)/t10-,11+,14+,16-,17+/m1/s1. The summed E-state index contributed by atoms with van der Waals surface area (Å²) in [5.41, 5.74) is 2.68. The van der Waals surface area contributed by atoms with Crippen LogP contribution >= 0.6 is 15.9 Å². The molecule has 3 fully saturated rings. The smallest absolute Gasteiger partial charge is 0.310 e. The van der Waals surface area contributed by atoms with Crippen molar-refractivity contribution >= 4 is 39.5 Å². The highest BCUT2D eigenvalue weighted by molar-refractivity contribution is 9.10. The maximum atomic E-state index is 12.5. The molecule has 1 heterocycles. The molecule has 0 spiro atoms. The maximum Gasteiger partial charge on any atom is 0.310 e. The van der Waals surface area contributed by atoms with Crippen molar-refractivity contribution in [1.29, 1.82) is 0 Å². The summed E-state index contributed by atoms with van der Waals surface area (Å²) >= 11 is 3.45. The molecule has 4 rings (SSSR count). The molecule has 2 saturated carbocycles. The summed E-state index contributed by atoms with van der Waals surface area (Å²) in [6, 6.07) is 3.66. The van der Waals surface area contributed by atoms with Gasteiger partial charge in [0.25, 0.3) is 5.91 Å². The second-order valence-corrected chi connectivity index (χ2v) is 8.28. The number of carbonyl (C=O) groups is 3. The number of fused-ring (bicyclic) bond motifs is 1. The number of hydrogen-bond donors (Lipinski definition) is 1. The summed E-state index contributed by atoms with van der Waals surface area (Å²) in [7, 11) is 0. The lowest BCUT2D eigenvalue weighted by molar-refractivity contribution is -0.157. The first-order chi connectivity index (χ1) is 12.4. The van der Waals surface area contributed by atoms with Crippen LogP contribution in [0.3, 0.4) is 0 Å². The van der Waals surface area contributed by atoms with Crippen molar-refractivity contribution in [3.8, 4) is 0 Å². The zero-order valence-electron chi connectivity index (χ0n) is 14.6. The van der Waals surface area contributed by atoms with Crippen LogP contribution in [0.2, 0.25) is 0 Å². The summed E-state index contributed by atoms with van der Waals surface area (Å²) in [5, 5.41) is 2.77. The number of anilines is 1. The number of ether oxygens (including phenoxy) is 2. The third kappa shape index (κ3) is 2.73. The second kappa shape index (κ2) is 6.37. The van der Waals surface area contributed by atoms with E-state index < -0.39 is 17.8 Å². The van der Waals surface area contributed by atoms with Crippen molar-refractivity contribution in [3.05, 3.63) is 27.7 Å². The molecule has 1 aliphatic heterocycles. The van der Waals surface area contributed by atoms with E-state index in [1.807, 2.05) is 19.9 Å². The molecule has 5 atom stereocenters. The first-order valence-electron chi connectivity index (χ1n) is 8.79. The molecular formula is C19H20BrNO5. The van der Waals surface area contributed by atoms with Gasteiger partial charge in [0.05, 0.1) is 11.8 Å². The van der Waals surface area contributed by atoms with Crippen LogP contribution in [0.5, 0.6) is 0 Å². The SMILES string of the molecule is Cc1c(Br)ccc(NC(=O)COC(=O)[C@@H]2[C@@H]3C[C@@H]4[C@@H]2C(=O)O[C@H]4C3)c1C. The van der Waals surface area contributed by atoms with Gasteiger partial charge in [-0.1, -0.05) is 15.9 Å². The first kappa shape index (κ1) is 17.5. The monoisotopic (exact) mass is 421 g/mol. The van der Waals surface area contributed by atoms with Crippen molar-refractivity contribution in [2.45, 2.75) is 32.8 Å². The number of benzene rings is 1. The quantitative estimate of drug-likeness (QED) is 0.755. The minimum Gasteiger partial charge on any atom is -0.462 e. The molecule has 3 aliphatic rings. The predicted octanol–water partition coefficient (Wildman–Crippen LogP) is 2.75. The number of hydrogen-bond acceptors (Lipinski definition) is 5. The molecule has 7 heteroatoms. The van der Waals surface area contributed by atoms with Gasteiger partial charge in [-0.3, -0.25) is 14.4 Å². The number of amides is 1. The van der Waals surface area contributed by atoms with Crippen molar-refractivity contribution in [3.63, 3.8) is 0 Å². The third-order valence-corrected chi connectivity index (χ3v) is 6.96. The Balaban J connectivity index is 1.36. The van der Waals surface area contributed by atoms with E-state index in [1.165, 1.54) is 0 Å². The van der Waals surface area contributed by atoms with Gasteiger partial charge in [0.2, 0.25) is 0 Å². The van der Waals surface area contributed by atoms with Gasteiger partial charge in [0.1, 0.15) is 6.10 Å². The Morgan fingerprint density at radius 2 is 2.04 bits per heavy atom. The lowest BCUT2D eigenvalue weighted by Crippen LogP contribution is -2.35. The largest absolute Gasteiger partial charge is 0.462 e. The molecule has 1 amide bonds. The van der Waals surface area contributed by atoms with Crippen LogP contribution in [0.15, 0.2) is 16.6 Å².